The van der Waals surface area contributed by atoms with E-state index in [1.54, 1.807) is 0 Å². The van der Waals surface area contributed by atoms with Gasteiger partial charge < -0.3 is 4.74 Å². The van der Waals surface area contributed by atoms with Crippen LogP contribution < -0.4 is 5.32 Å². The van der Waals surface area contributed by atoms with Crippen LogP contribution in [-0.4, -0.2) is 37.8 Å². The highest BCUT2D eigenvalue weighted by molar-refractivity contribution is 7.91. The number of hydrogen-bond acceptors (Lipinski definition) is 4. The molecule has 2 heterocycles. The predicted octanol–water partition coefficient (Wildman–Crippen LogP) is 1.21. The van der Waals surface area contributed by atoms with E-state index in [9.17, 15) is 8.42 Å². The molecular formula is C13H21NO3S. The molecule has 18 heavy (non-hydrogen) atoms. The Bertz CT molecular complexity index is 478. The molecule has 5 heteroatoms. The molecule has 2 aliphatic heterocycles. The van der Waals surface area contributed by atoms with E-state index < -0.39 is 15.6 Å². The first-order valence-corrected chi connectivity index (χ1v) is 8.97. The summed E-state index contributed by atoms with van der Waals surface area (Å²) in [6, 6.07) is 0. The van der Waals surface area contributed by atoms with E-state index in [0.29, 0.717) is 11.8 Å². The Hall–Kier alpha value is -0.130. The van der Waals surface area contributed by atoms with Gasteiger partial charge in [-0.1, -0.05) is 6.42 Å². The van der Waals surface area contributed by atoms with Crippen LogP contribution in [0, 0.1) is 5.41 Å². The van der Waals surface area contributed by atoms with Gasteiger partial charge in [0.1, 0.15) is 5.72 Å². The lowest BCUT2D eigenvalue weighted by molar-refractivity contribution is -0.298. The van der Waals surface area contributed by atoms with Crippen LogP contribution in [0.5, 0.6) is 0 Å². The molecule has 0 amide bonds. The molecule has 3 spiro atoms. The van der Waals surface area contributed by atoms with Crippen molar-refractivity contribution in [2.45, 2.75) is 56.3 Å². The van der Waals surface area contributed by atoms with Gasteiger partial charge in [0.15, 0.2) is 9.84 Å². The quantitative estimate of drug-likeness (QED) is 0.719. The Morgan fingerprint density at radius 1 is 1.00 bits per heavy atom. The van der Waals surface area contributed by atoms with Crippen LogP contribution in [0.2, 0.25) is 0 Å². The number of ether oxygens (including phenoxy) is 1. The lowest BCUT2D eigenvalue weighted by atomic mass is 9.51. The maximum absolute atomic E-state index is 11.7. The molecule has 0 radical (unpaired) electrons. The number of sulfone groups is 1. The molecule has 2 aliphatic carbocycles. The normalized spacial score (nSPS) is 42.9. The summed E-state index contributed by atoms with van der Waals surface area (Å²) in [7, 11) is -2.90. The average Bonchev–Trinajstić information content (AvgIpc) is 2.50. The van der Waals surface area contributed by atoms with Gasteiger partial charge in [-0.3, -0.25) is 5.32 Å². The van der Waals surface area contributed by atoms with Gasteiger partial charge in [-0.2, -0.15) is 0 Å². The summed E-state index contributed by atoms with van der Waals surface area (Å²) in [4.78, 5) is 0. The first-order valence-electron chi connectivity index (χ1n) is 7.15. The molecular weight excluding hydrogens is 250 g/mol. The first kappa shape index (κ1) is 11.7. The van der Waals surface area contributed by atoms with Gasteiger partial charge in [-0.25, -0.2) is 8.42 Å². The summed E-state index contributed by atoms with van der Waals surface area (Å²) < 4.78 is 30.0. The molecule has 0 aromatic carbocycles. The van der Waals surface area contributed by atoms with Gasteiger partial charge in [-0.05, 0) is 32.1 Å². The minimum absolute atomic E-state index is 0.0103. The van der Waals surface area contributed by atoms with Crippen LogP contribution >= 0.6 is 0 Å². The Labute approximate surface area is 108 Å². The topological polar surface area (TPSA) is 55.4 Å². The molecule has 4 nitrogen and oxygen atoms in total. The van der Waals surface area contributed by atoms with Gasteiger partial charge in [-0.15, -0.1) is 0 Å². The van der Waals surface area contributed by atoms with E-state index >= 15 is 0 Å². The minimum Gasteiger partial charge on any atom is -0.352 e. The van der Waals surface area contributed by atoms with Crippen molar-refractivity contribution in [2.75, 3.05) is 18.1 Å². The number of nitrogens with one attached hydrogen (secondary N) is 1. The fraction of sp³-hybridized carbons (Fsp3) is 1.00. The zero-order chi connectivity index (χ0) is 12.5. The van der Waals surface area contributed by atoms with Crippen LogP contribution in [-0.2, 0) is 14.6 Å². The number of rotatable bonds is 0. The average molecular weight is 271 g/mol. The number of hydrogen-bond donors (Lipinski definition) is 1. The van der Waals surface area contributed by atoms with E-state index in [-0.39, 0.29) is 17.1 Å². The molecule has 4 fully saturated rings. The van der Waals surface area contributed by atoms with E-state index in [4.69, 9.17) is 4.74 Å². The second-order valence-electron chi connectivity index (χ2n) is 6.77. The van der Waals surface area contributed by atoms with Crippen LogP contribution in [0.1, 0.15) is 44.9 Å². The standard InChI is InChI=1S/C13H21NO3S/c15-18(16)8-7-13(10-18)14-9-11(3-1-4-11)12(17-13)5-2-6-12/h14H,1-10H2. The minimum atomic E-state index is -2.90. The van der Waals surface area contributed by atoms with Crippen molar-refractivity contribution in [3.05, 3.63) is 0 Å². The van der Waals surface area contributed by atoms with Gasteiger partial charge in [0.05, 0.1) is 17.1 Å². The SMILES string of the molecule is O=S1(=O)CCC2(C1)NCC1(CCC1)C1(CCC1)O2. The number of fused-ring (bicyclic) bond motifs is 1. The Morgan fingerprint density at radius 3 is 2.17 bits per heavy atom. The van der Waals surface area contributed by atoms with Crippen molar-refractivity contribution in [2.24, 2.45) is 5.41 Å². The van der Waals surface area contributed by atoms with Crippen LogP contribution in [0.3, 0.4) is 0 Å². The van der Waals surface area contributed by atoms with Crippen molar-refractivity contribution < 1.29 is 13.2 Å². The highest BCUT2D eigenvalue weighted by Gasteiger charge is 2.65. The molecule has 0 bridgehead atoms. The predicted molar refractivity (Wildman–Crippen MR) is 68.0 cm³/mol. The fourth-order valence-corrected chi connectivity index (χ4v) is 6.22. The largest absolute Gasteiger partial charge is 0.352 e. The second kappa shape index (κ2) is 3.30. The highest BCUT2D eigenvalue weighted by atomic mass is 32.2. The molecule has 0 aromatic rings. The molecule has 4 aliphatic rings. The molecule has 1 atom stereocenters. The molecule has 102 valence electrons. The monoisotopic (exact) mass is 271 g/mol. The van der Waals surface area contributed by atoms with Gasteiger partial charge >= 0.3 is 0 Å². The Balaban J connectivity index is 1.64. The van der Waals surface area contributed by atoms with Crippen molar-refractivity contribution >= 4 is 9.84 Å². The highest BCUT2D eigenvalue weighted by Crippen LogP contribution is 2.62. The molecule has 1 N–H and O–H groups in total. The third-order valence-corrected chi connectivity index (χ3v) is 7.58. The maximum Gasteiger partial charge on any atom is 0.154 e. The van der Waals surface area contributed by atoms with Gasteiger partial charge in [0.2, 0.25) is 0 Å². The molecule has 1 unspecified atom stereocenters. The summed E-state index contributed by atoms with van der Waals surface area (Å²) in [5.74, 6) is 0.459. The zero-order valence-corrected chi connectivity index (χ0v) is 11.5. The first-order chi connectivity index (χ1) is 8.49. The summed E-state index contributed by atoms with van der Waals surface area (Å²) in [5, 5.41) is 3.46. The summed E-state index contributed by atoms with van der Waals surface area (Å²) in [6.45, 7) is 0.961. The van der Waals surface area contributed by atoms with Crippen molar-refractivity contribution in [1.82, 2.24) is 5.32 Å². The smallest absolute Gasteiger partial charge is 0.154 e. The van der Waals surface area contributed by atoms with Crippen molar-refractivity contribution in [3.63, 3.8) is 0 Å². The van der Waals surface area contributed by atoms with Crippen LogP contribution in [0.15, 0.2) is 0 Å². The van der Waals surface area contributed by atoms with Gasteiger partial charge in [0.25, 0.3) is 0 Å². The molecule has 4 rings (SSSR count). The van der Waals surface area contributed by atoms with Gasteiger partial charge in [0, 0.05) is 18.4 Å². The van der Waals surface area contributed by atoms with Crippen LogP contribution in [0.25, 0.3) is 0 Å². The lowest BCUT2D eigenvalue weighted by Gasteiger charge is -2.66. The summed E-state index contributed by atoms with van der Waals surface area (Å²) in [6.07, 6.45) is 7.95. The molecule has 0 aromatic heterocycles. The van der Waals surface area contributed by atoms with E-state index in [1.165, 1.54) is 25.7 Å². The van der Waals surface area contributed by atoms with E-state index in [1.807, 2.05) is 0 Å². The molecule has 2 saturated carbocycles. The van der Waals surface area contributed by atoms with Crippen molar-refractivity contribution in [3.8, 4) is 0 Å². The van der Waals surface area contributed by atoms with E-state index in [0.717, 1.165) is 19.4 Å². The van der Waals surface area contributed by atoms with Crippen molar-refractivity contribution in [1.29, 1.82) is 0 Å². The summed E-state index contributed by atoms with van der Waals surface area (Å²) in [5.41, 5.74) is -0.223. The zero-order valence-electron chi connectivity index (χ0n) is 10.7. The lowest BCUT2D eigenvalue weighted by Crippen LogP contribution is -2.73. The Kier molecular flexibility index (Phi) is 2.14. The fourth-order valence-electron chi connectivity index (χ4n) is 4.42. The van der Waals surface area contributed by atoms with Crippen LogP contribution in [0.4, 0.5) is 0 Å². The summed E-state index contributed by atoms with van der Waals surface area (Å²) >= 11 is 0. The second-order valence-corrected chi connectivity index (χ2v) is 8.96. The van der Waals surface area contributed by atoms with E-state index in [2.05, 4.69) is 5.32 Å². The maximum atomic E-state index is 11.7. The molecule has 2 saturated heterocycles. The third kappa shape index (κ3) is 1.36. The third-order valence-electron chi connectivity index (χ3n) is 5.85. The Morgan fingerprint density at radius 2 is 1.72 bits per heavy atom.